The van der Waals surface area contributed by atoms with Crippen LogP contribution in [-0.4, -0.2) is 45.7 Å². The summed E-state index contributed by atoms with van der Waals surface area (Å²) in [4.78, 5) is 15.9. The van der Waals surface area contributed by atoms with Crippen molar-refractivity contribution in [1.29, 1.82) is 0 Å². The van der Waals surface area contributed by atoms with Gasteiger partial charge < -0.3 is 24.3 Å². The Bertz CT molecular complexity index is 662. The first-order chi connectivity index (χ1) is 12.2. The van der Waals surface area contributed by atoms with Gasteiger partial charge in [0.1, 0.15) is 11.5 Å². The van der Waals surface area contributed by atoms with Crippen LogP contribution in [0.15, 0.2) is 47.1 Å². The van der Waals surface area contributed by atoms with Crippen molar-refractivity contribution in [3.05, 3.63) is 48.4 Å². The molecule has 1 atom stereocenters. The van der Waals surface area contributed by atoms with Gasteiger partial charge in [0.15, 0.2) is 6.54 Å². The number of quaternary nitrogens is 1. The molecule has 0 aliphatic carbocycles. The Morgan fingerprint density at radius 1 is 1.28 bits per heavy atom. The summed E-state index contributed by atoms with van der Waals surface area (Å²) >= 11 is 0. The van der Waals surface area contributed by atoms with Gasteiger partial charge in [-0.3, -0.25) is 4.79 Å². The fraction of sp³-hybridized carbons (Fsp3) is 0.421. The summed E-state index contributed by atoms with van der Waals surface area (Å²) in [5.41, 5.74) is 1.20. The summed E-state index contributed by atoms with van der Waals surface area (Å²) in [6.45, 7) is 6.24. The number of carbonyl (C=O) groups excluding carboxylic acids is 1. The third-order valence-electron chi connectivity index (χ3n) is 4.67. The van der Waals surface area contributed by atoms with Crippen molar-refractivity contribution in [3.8, 4) is 5.75 Å². The molecule has 1 fully saturated rings. The molecule has 25 heavy (non-hydrogen) atoms. The SMILES string of the molecule is COc1ccc(N2CC[NH+](CC(=O)N[C@@H](C)c3ccco3)CC2)cc1. The van der Waals surface area contributed by atoms with Crippen LogP contribution in [0.25, 0.3) is 0 Å². The van der Waals surface area contributed by atoms with Gasteiger partial charge >= 0.3 is 0 Å². The number of anilines is 1. The minimum atomic E-state index is -0.0949. The van der Waals surface area contributed by atoms with Crippen molar-refractivity contribution in [2.24, 2.45) is 0 Å². The van der Waals surface area contributed by atoms with E-state index >= 15 is 0 Å². The Morgan fingerprint density at radius 2 is 2.00 bits per heavy atom. The lowest BCUT2D eigenvalue weighted by molar-refractivity contribution is -0.892. The number of piperazine rings is 1. The summed E-state index contributed by atoms with van der Waals surface area (Å²) in [6.07, 6.45) is 1.63. The van der Waals surface area contributed by atoms with Gasteiger partial charge in [-0.25, -0.2) is 0 Å². The van der Waals surface area contributed by atoms with Gasteiger partial charge in [-0.2, -0.15) is 0 Å². The summed E-state index contributed by atoms with van der Waals surface area (Å²) < 4.78 is 10.5. The van der Waals surface area contributed by atoms with Gasteiger partial charge in [0.2, 0.25) is 0 Å². The van der Waals surface area contributed by atoms with E-state index < -0.39 is 0 Å². The predicted octanol–water partition coefficient (Wildman–Crippen LogP) is 0.871. The largest absolute Gasteiger partial charge is 0.497 e. The summed E-state index contributed by atoms with van der Waals surface area (Å²) in [5, 5.41) is 3.00. The Hall–Kier alpha value is -2.47. The Kier molecular flexibility index (Phi) is 5.60. The topological polar surface area (TPSA) is 59.2 Å². The lowest BCUT2D eigenvalue weighted by Crippen LogP contribution is -3.15. The maximum Gasteiger partial charge on any atom is 0.275 e. The van der Waals surface area contributed by atoms with E-state index in [1.807, 2.05) is 31.2 Å². The number of nitrogens with one attached hydrogen (secondary N) is 2. The second kappa shape index (κ2) is 8.07. The van der Waals surface area contributed by atoms with Crippen molar-refractivity contribution < 1.29 is 18.8 Å². The second-order valence-corrected chi connectivity index (χ2v) is 6.42. The van der Waals surface area contributed by atoms with Crippen LogP contribution in [0.4, 0.5) is 5.69 Å². The number of rotatable bonds is 6. The standard InChI is InChI=1S/C19H25N3O3/c1-15(18-4-3-13-25-18)20-19(23)14-21-9-11-22(12-10-21)16-5-7-17(24-2)8-6-16/h3-8,13,15H,9-12,14H2,1-2H3,(H,20,23)/p+1/t15-/m0/s1. The fourth-order valence-corrected chi connectivity index (χ4v) is 3.18. The van der Waals surface area contributed by atoms with Gasteiger partial charge in [-0.05, 0) is 43.3 Å². The molecule has 0 saturated carbocycles. The Labute approximate surface area is 148 Å². The highest BCUT2D eigenvalue weighted by molar-refractivity contribution is 5.77. The second-order valence-electron chi connectivity index (χ2n) is 6.42. The van der Waals surface area contributed by atoms with Crippen LogP contribution in [-0.2, 0) is 4.79 Å². The van der Waals surface area contributed by atoms with Gasteiger partial charge in [0.25, 0.3) is 5.91 Å². The van der Waals surface area contributed by atoms with Gasteiger partial charge in [0, 0.05) is 5.69 Å². The first kappa shape index (κ1) is 17.4. The molecule has 0 spiro atoms. The maximum absolute atomic E-state index is 12.2. The molecule has 0 bridgehead atoms. The van der Waals surface area contributed by atoms with E-state index in [0.717, 1.165) is 37.7 Å². The molecular formula is C19H26N3O3+. The number of nitrogens with zero attached hydrogens (tertiary/aromatic N) is 1. The summed E-state index contributed by atoms with van der Waals surface area (Å²) in [5.74, 6) is 1.72. The zero-order chi connectivity index (χ0) is 17.6. The first-order valence-electron chi connectivity index (χ1n) is 8.71. The molecule has 1 aliphatic heterocycles. The van der Waals surface area contributed by atoms with Crippen LogP contribution in [0.3, 0.4) is 0 Å². The van der Waals surface area contributed by atoms with Crippen LogP contribution in [0.5, 0.6) is 5.75 Å². The van der Waals surface area contributed by atoms with Crippen molar-refractivity contribution >= 4 is 11.6 Å². The van der Waals surface area contributed by atoms with E-state index in [1.165, 1.54) is 10.6 Å². The van der Waals surface area contributed by atoms with E-state index in [1.54, 1.807) is 13.4 Å². The van der Waals surface area contributed by atoms with Crippen molar-refractivity contribution in [3.63, 3.8) is 0 Å². The van der Waals surface area contributed by atoms with Crippen LogP contribution >= 0.6 is 0 Å². The predicted molar refractivity (Wildman–Crippen MR) is 96.0 cm³/mol. The molecular weight excluding hydrogens is 318 g/mol. The third kappa shape index (κ3) is 4.54. The molecule has 0 radical (unpaired) electrons. The minimum absolute atomic E-state index is 0.0665. The normalized spacial score (nSPS) is 16.5. The average Bonchev–Trinajstić information content (AvgIpc) is 3.17. The molecule has 1 aromatic carbocycles. The highest BCUT2D eigenvalue weighted by Gasteiger charge is 2.23. The van der Waals surface area contributed by atoms with E-state index in [9.17, 15) is 4.79 Å². The van der Waals surface area contributed by atoms with Gasteiger partial charge in [-0.1, -0.05) is 0 Å². The van der Waals surface area contributed by atoms with E-state index in [0.29, 0.717) is 6.54 Å². The van der Waals surface area contributed by atoms with Crippen LogP contribution in [0.2, 0.25) is 0 Å². The lowest BCUT2D eigenvalue weighted by atomic mass is 10.2. The maximum atomic E-state index is 12.2. The van der Waals surface area contributed by atoms with E-state index in [4.69, 9.17) is 9.15 Å². The summed E-state index contributed by atoms with van der Waals surface area (Å²) in [6, 6.07) is 11.8. The molecule has 1 amide bonds. The van der Waals surface area contributed by atoms with Crippen molar-refractivity contribution in [2.45, 2.75) is 13.0 Å². The number of amides is 1. The van der Waals surface area contributed by atoms with Gasteiger partial charge in [-0.15, -0.1) is 0 Å². The number of methoxy groups -OCH3 is 1. The van der Waals surface area contributed by atoms with Crippen LogP contribution in [0.1, 0.15) is 18.7 Å². The highest BCUT2D eigenvalue weighted by Crippen LogP contribution is 2.19. The molecule has 6 nitrogen and oxygen atoms in total. The van der Waals surface area contributed by atoms with Crippen molar-refractivity contribution in [1.82, 2.24) is 5.32 Å². The Balaban J connectivity index is 1.44. The first-order valence-corrected chi connectivity index (χ1v) is 8.71. The zero-order valence-corrected chi connectivity index (χ0v) is 14.8. The molecule has 1 saturated heterocycles. The van der Waals surface area contributed by atoms with Crippen LogP contribution in [0, 0.1) is 0 Å². The molecule has 3 rings (SSSR count). The smallest absolute Gasteiger partial charge is 0.275 e. The molecule has 6 heteroatoms. The van der Waals surface area contributed by atoms with E-state index in [-0.39, 0.29) is 11.9 Å². The van der Waals surface area contributed by atoms with Gasteiger partial charge in [0.05, 0.1) is 45.6 Å². The monoisotopic (exact) mass is 344 g/mol. The number of benzene rings is 1. The number of hydrogen-bond donors (Lipinski definition) is 2. The fourth-order valence-electron chi connectivity index (χ4n) is 3.18. The minimum Gasteiger partial charge on any atom is -0.497 e. The average molecular weight is 344 g/mol. The molecule has 134 valence electrons. The number of furan rings is 1. The molecule has 2 N–H and O–H groups in total. The third-order valence-corrected chi connectivity index (χ3v) is 4.67. The zero-order valence-electron chi connectivity index (χ0n) is 14.8. The van der Waals surface area contributed by atoms with E-state index in [2.05, 4.69) is 22.3 Å². The number of ether oxygens (including phenoxy) is 1. The lowest BCUT2D eigenvalue weighted by Gasteiger charge is -2.33. The van der Waals surface area contributed by atoms with Crippen LogP contribution < -0.4 is 19.9 Å². The molecule has 0 unspecified atom stereocenters. The molecule has 2 heterocycles. The molecule has 1 aromatic heterocycles. The molecule has 1 aliphatic rings. The van der Waals surface area contributed by atoms with Crippen molar-refractivity contribution in [2.75, 3.05) is 44.7 Å². The number of carbonyl (C=O) groups is 1. The Morgan fingerprint density at radius 3 is 2.60 bits per heavy atom. The number of hydrogen-bond acceptors (Lipinski definition) is 4. The summed E-state index contributed by atoms with van der Waals surface area (Å²) in [7, 11) is 1.68. The quantitative estimate of drug-likeness (QED) is 0.816. The highest BCUT2D eigenvalue weighted by atomic mass is 16.5. The molecule has 2 aromatic rings.